The van der Waals surface area contributed by atoms with Crippen molar-refractivity contribution in [2.45, 2.75) is 83.5 Å². The molecule has 0 saturated heterocycles. The van der Waals surface area contributed by atoms with E-state index < -0.39 is 0 Å². The zero-order valence-corrected chi connectivity index (χ0v) is 34.2. The highest BCUT2D eigenvalue weighted by molar-refractivity contribution is 5.91. The molecule has 1 aliphatic carbocycles. The summed E-state index contributed by atoms with van der Waals surface area (Å²) in [5.74, 6) is 0. The van der Waals surface area contributed by atoms with Gasteiger partial charge in [0.2, 0.25) is 0 Å². The van der Waals surface area contributed by atoms with Crippen molar-refractivity contribution in [3.05, 3.63) is 204 Å². The number of para-hydroxylation sites is 3. The van der Waals surface area contributed by atoms with Crippen molar-refractivity contribution in [3.8, 4) is 11.1 Å². The number of unbranched alkanes of at least 4 members (excludes halogenated alkanes) is 2. The summed E-state index contributed by atoms with van der Waals surface area (Å²) < 4.78 is 0. The van der Waals surface area contributed by atoms with Crippen molar-refractivity contribution < 1.29 is 0 Å². The molecule has 0 heterocycles. The zero-order chi connectivity index (χ0) is 39.2. The Morgan fingerprint density at radius 3 is 1.39 bits per heavy atom. The molecule has 0 saturated carbocycles. The van der Waals surface area contributed by atoms with Crippen LogP contribution in [-0.4, -0.2) is 0 Å². The number of anilines is 6. The third-order valence-corrected chi connectivity index (χ3v) is 12.9. The smallest absolute Gasteiger partial charge is 0.0508 e. The summed E-state index contributed by atoms with van der Waals surface area (Å²) in [4.78, 5) is 4.86. The minimum absolute atomic E-state index is 0.0467. The molecule has 1 atom stereocenters. The normalized spacial score (nSPS) is 13.7. The van der Waals surface area contributed by atoms with Crippen LogP contribution in [0.5, 0.6) is 0 Å². The van der Waals surface area contributed by atoms with Crippen LogP contribution in [0.15, 0.2) is 182 Å². The molecule has 0 bridgehead atoms. The lowest BCUT2D eigenvalue weighted by molar-refractivity contribution is 0.431. The number of benzene rings is 7. The summed E-state index contributed by atoms with van der Waals surface area (Å²) in [5.41, 5.74) is 15.4. The fraction of sp³-hybridized carbons (Fsp3) is 0.236. The van der Waals surface area contributed by atoms with E-state index in [1.807, 2.05) is 0 Å². The van der Waals surface area contributed by atoms with E-state index in [0.29, 0.717) is 0 Å². The maximum absolute atomic E-state index is 2.51. The first-order valence-corrected chi connectivity index (χ1v) is 21.3. The highest BCUT2D eigenvalue weighted by atomic mass is 15.1. The predicted molar refractivity (Wildman–Crippen MR) is 244 cm³/mol. The second kappa shape index (κ2) is 16.7. The highest BCUT2D eigenvalue weighted by Crippen LogP contribution is 2.57. The van der Waals surface area contributed by atoms with Crippen molar-refractivity contribution >= 4 is 34.1 Å². The molecular weight excluding hydrogens is 689 g/mol. The first-order valence-electron chi connectivity index (χ1n) is 21.3. The van der Waals surface area contributed by atoms with Crippen LogP contribution >= 0.6 is 0 Å². The minimum Gasteiger partial charge on any atom is -0.311 e. The van der Waals surface area contributed by atoms with Crippen LogP contribution in [0.1, 0.15) is 94.9 Å². The molecule has 7 aromatic rings. The maximum Gasteiger partial charge on any atom is 0.0508 e. The molecule has 7 aromatic carbocycles. The lowest BCUT2D eigenvalue weighted by Gasteiger charge is -2.37. The van der Waals surface area contributed by atoms with Crippen molar-refractivity contribution in [1.82, 2.24) is 0 Å². The highest BCUT2D eigenvalue weighted by Gasteiger charge is 2.43. The molecule has 286 valence electrons. The Hall–Kier alpha value is -5.86. The fourth-order valence-corrected chi connectivity index (χ4v) is 9.89. The van der Waals surface area contributed by atoms with Gasteiger partial charge in [-0.05, 0) is 126 Å². The van der Waals surface area contributed by atoms with Gasteiger partial charge in [-0.2, -0.15) is 0 Å². The first-order chi connectivity index (χ1) is 28.1. The summed E-state index contributed by atoms with van der Waals surface area (Å²) in [6.07, 6.45) is 7.87. The van der Waals surface area contributed by atoms with E-state index in [0.717, 1.165) is 42.7 Å². The third kappa shape index (κ3) is 6.86. The van der Waals surface area contributed by atoms with Crippen LogP contribution in [-0.2, 0) is 10.8 Å². The zero-order valence-electron chi connectivity index (χ0n) is 34.2. The first kappa shape index (κ1) is 38.0. The molecule has 0 N–H and O–H groups in total. The van der Waals surface area contributed by atoms with Crippen LogP contribution in [0.2, 0.25) is 0 Å². The molecule has 1 aliphatic rings. The summed E-state index contributed by atoms with van der Waals surface area (Å²) in [5, 5.41) is 0. The van der Waals surface area contributed by atoms with Gasteiger partial charge in [-0.15, -0.1) is 0 Å². The van der Waals surface area contributed by atoms with E-state index in [4.69, 9.17) is 0 Å². The van der Waals surface area contributed by atoms with Gasteiger partial charge in [-0.3, -0.25) is 0 Å². The fourth-order valence-electron chi connectivity index (χ4n) is 9.89. The average molecular weight is 745 g/mol. The van der Waals surface area contributed by atoms with Gasteiger partial charge in [-0.1, -0.05) is 162 Å². The maximum atomic E-state index is 2.51. The number of hydrogen-bond donors (Lipinski definition) is 0. The van der Waals surface area contributed by atoms with Gasteiger partial charge in [0, 0.05) is 39.3 Å². The topological polar surface area (TPSA) is 6.48 Å². The van der Waals surface area contributed by atoms with Crippen molar-refractivity contribution in [2.75, 3.05) is 9.80 Å². The molecule has 2 nitrogen and oxygen atoms in total. The van der Waals surface area contributed by atoms with Crippen LogP contribution in [0.3, 0.4) is 0 Å². The van der Waals surface area contributed by atoms with E-state index in [-0.39, 0.29) is 10.8 Å². The van der Waals surface area contributed by atoms with E-state index in [9.17, 15) is 0 Å². The Kier molecular flexibility index (Phi) is 11.1. The van der Waals surface area contributed by atoms with Crippen molar-refractivity contribution in [1.29, 1.82) is 0 Å². The molecule has 2 heteroatoms. The van der Waals surface area contributed by atoms with Crippen LogP contribution in [0.25, 0.3) is 11.1 Å². The average Bonchev–Trinajstić information content (AvgIpc) is 3.58. The van der Waals surface area contributed by atoms with E-state index in [1.54, 1.807) is 0 Å². The standard InChI is InChI=1S/C55H56N2/c1-5-9-21-41-55(8-4,42-33-37-47(38-34-42)56(44-23-13-10-14-24-44)45-25-15-11-16-26-45)43-35-39-48(40-36-43)57(46-27-17-12-18-28-46)52-32-22-30-50-49-29-19-20-31-51(49)54(6-2,7-3)53(50)52/h10-20,22-40H,5-9,21,41H2,1-4H3. The molecule has 8 rings (SSSR count). The summed E-state index contributed by atoms with van der Waals surface area (Å²) >= 11 is 0. The number of nitrogens with zero attached hydrogens (tertiary/aromatic N) is 2. The Labute approximate surface area is 341 Å². The van der Waals surface area contributed by atoms with Crippen molar-refractivity contribution in [3.63, 3.8) is 0 Å². The van der Waals surface area contributed by atoms with Gasteiger partial charge < -0.3 is 9.80 Å². The van der Waals surface area contributed by atoms with Gasteiger partial charge in [0.1, 0.15) is 0 Å². The molecule has 0 radical (unpaired) electrons. The second-order valence-corrected chi connectivity index (χ2v) is 15.7. The monoisotopic (exact) mass is 744 g/mol. The summed E-state index contributed by atoms with van der Waals surface area (Å²) in [7, 11) is 0. The number of rotatable bonds is 15. The molecule has 57 heavy (non-hydrogen) atoms. The SMILES string of the molecule is CCCCCC(CC)(c1ccc(N(c2ccccc2)c2ccccc2)cc1)c1ccc(N(c2ccccc2)c2cccc3c2C(CC)(CC)c2ccccc2-3)cc1. The van der Waals surface area contributed by atoms with Crippen LogP contribution < -0.4 is 9.80 Å². The van der Waals surface area contributed by atoms with E-state index in [2.05, 4.69) is 219 Å². The lowest BCUT2D eigenvalue weighted by Crippen LogP contribution is -2.27. The van der Waals surface area contributed by atoms with Gasteiger partial charge in [0.15, 0.2) is 0 Å². The third-order valence-electron chi connectivity index (χ3n) is 12.9. The minimum atomic E-state index is -0.108. The van der Waals surface area contributed by atoms with Gasteiger partial charge in [-0.25, -0.2) is 0 Å². The summed E-state index contributed by atoms with van der Waals surface area (Å²) in [6.45, 7) is 9.42. The number of fused-ring (bicyclic) bond motifs is 3. The molecule has 0 fully saturated rings. The van der Waals surface area contributed by atoms with Gasteiger partial charge in [0.25, 0.3) is 0 Å². The Bertz CT molecular complexity index is 2320. The van der Waals surface area contributed by atoms with Crippen LogP contribution in [0, 0.1) is 0 Å². The number of hydrogen-bond acceptors (Lipinski definition) is 2. The molecule has 0 spiro atoms. The van der Waals surface area contributed by atoms with Gasteiger partial charge >= 0.3 is 0 Å². The molecule has 0 amide bonds. The Morgan fingerprint density at radius 1 is 0.421 bits per heavy atom. The van der Waals surface area contributed by atoms with E-state index in [1.165, 1.54) is 69.7 Å². The van der Waals surface area contributed by atoms with Crippen molar-refractivity contribution in [2.24, 2.45) is 0 Å². The van der Waals surface area contributed by atoms with Crippen LogP contribution in [0.4, 0.5) is 34.1 Å². The molecule has 0 aliphatic heterocycles. The van der Waals surface area contributed by atoms with E-state index >= 15 is 0 Å². The quantitative estimate of drug-likeness (QED) is 0.0965. The predicted octanol–water partition coefficient (Wildman–Crippen LogP) is 16.0. The molecular formula is C55H56N2. The molecule has 0 aromatic heterocycles. The lowest BCUT2D eigenvalue weighted by atomic mass is 9.69. The Morgan fingerprint density at radius 2 is 0.877 bits per heavy atom. The largest absolute Gasteiger partial charge is 0.311 e. The second-order valence-electron chi connectivity index (χ2n) is 15.7. The van der Waals surface area contributed by atoms with Gasteiger partial charge in [0.05, 0.1) is 5.69 Å². The Balaban J connectivity index is 1.22. The molecule has 1 unspecified atom stereocenters. The summed E-state index contributed by atoms with van der Waals surface area (Å²) in [6, 6.07) is 67.5.